The van der Waals surface area contributed by atoms with Gasteiger partial charge in [0.1, 0.15) is 18.1 Å². The van der Waals surface area contributed by atoms with Crippen LogP contribution in [0, 0.1) is 11.3 Å². The van der Waals surface area contributed by atoms with Crippen LogP contribution in [0.1, 0.15) is 97.5 Å². The number of ether oxygens (including phenoxy) is 2. The first-order valence-electron chi connectivity index (χ1n) is 21.7. The van der Waals surface area contributed by atoms with Gasteiger partial charge in [0.2, 0.25) is 5.91 Å². The van der Waals surface area contributed by atoms with Crippen LogP contribution in [0.3, 0.4) is 0 Å². The number of nitrogens with one attached hydrogen (secondary N) is 2. The van der Waals surface area contributed by atoms with Crippen molar-refractivity contribution in [3.8, 4) is 22.5 Å². The third-order valence-electron chi connectivity index (χ3n) is 12.0. The van der Waals surface area contributed by atoms with Gasteiger partial charge < -0.3 is 29.2 Å². The van der Waals surface area contributed by atoms with Crippen molar-refractivity contribution in [1.82, 2.24) is 40.1 Å². The van der Waals surface area contributed by atoms with E-state index in [4.69, 9.17) is 19.4 Å². The highest BCUT2D eigenvalue weighted by Crippen LogP contribution is 2.42. The molecule has 6 bridgehead atoms. The second-order valence-electron chi connectivity index (χ2n) is 17.7. The minimum absolute atomic E-state index is 0.0613. The second-order valence-corrected chi connectivity index (χ2v) is 18.7. The highest BCUT2D eigenvalue weighted by molar-refractivity contribution is 7.10. The Morgan fingerprint density at radius 1 is 1.13 bits per heavy atom. The summed E-state index contributed by atoms with van der Waals surface area (Å²) in [7, 11) is 3.32. The number of carbonyl (C=O) groups excluding carboxylic acids is 4. The highest BCUT2D eigenvalue weighted by Gasteiger charge is 2.39. The maximum absolute atomic E-state index is 14.5. The Kier molecular flexibility index (Phi) is 14.3. The van der Waals surface area contributed by atoms with Gasteiger partial charge in [0.05, 0.1) is 34.8 Å². The minimum Gasteiger partial charge on any atom is -0.464 e. The van der Waals surface area contributed by atoms with Gasteiger partial charge in [0.25, 0.3) is 5.91 Å². The van der Waals surface area contributed by atoms with Crippen LogP contribution in [0.15, 0.2) is 41.9 Å². The van der Waals surface area contributed by atoms with Crippen LogP contribution in [0.25, 0.3) is 33.4 Å². The number of carbonyl (C=O) groups is 4. The van der Waals surface area contributed by atoms with Crippen molar-refractivity contribution in [3.05, 3.63) is 58.2 Å². The van der Waals surface area contributed by atoms with E-state index in [0.29, 0.717) is 43.9 Å². The van der Waals surface area contributed by atoms with E-state index in [1.807, 2.05) is 53.0 Å². The molecule has 1 fully saturated rings. The van der Waals surface area contributed by atoms with Gasteiger partial charge in [-0.1, -0.05) is 33.8 Å². The van der Waals surface area contributed by atoms with Crippen molar-refractivity contribution in [1.29, 1.82) is 0 Å². The van der Waals surface area contributed by atoms with Gasteiger partial charge in [-0.15, -0.1) is 11.3 Å². The average molecular weight is 857 g/mol. The Morgan fingerprint density at radius 2 is 1.89 bits per heavy atom. The Balaban J connectivity index is 1.45. The number of benzene rings is 1. The average Bonchev–Trinajstić information content (AvgIpc) is 3.83. The van der Waals surface area contributed by atoms with Crippen LogP contribution in [0.2, 0.25) is 0 Å². The monoisotopic (exact) mass is 856 g/mol. The van der Waals surface area contributed by atoms with Crippen LogP contribution >= 0.6 is 11.3 Å². The number of hydrogen-bond donors (Lipinski definition) is 2. The van der Waals surface area contributed by atoms with E-state index >= 15 is 0 Å². The number of aryl methyl sites for hydroxylation is 1. The van der Waals surface area contributed by atoms with E-state index in [2.05, 4.69) is 60.3 Å². The fourth-order valence-corrected chi connectivity index (χ4v) is 9.64. The number of cyclic esters (lactones) is 1. The summed E-state index contributed by atoms with van der Waals surface area (Å²) < 4.78 is 14.2. The standard InChI is InChI=1S/C46H64N8O6S/c1-12-52(28(5)6)45(58)51(10)40(27(3)4)42(55)49-35-23-38-48-36(25-61-38)30-18-19-37-32(22-30)33(41(53(37)13-2)31-16-14-20-47-39(31)29(7)59-11)24-46(8,9)26-60-44(57)34-17-15-21-54(50-34)43(35)56/h14,16,18-20,22,25,27-29,34-35,40,50H,12-13,15,17,21,23-24,26H2,1-11H3,(H,49,55)/t29-,34-,35-,40?/m0/s1. The molecule has 4 amide bonds. The SMILES string of the molecule is CCN(C(=O)N(C)C(C(=O)N[C@H]1Cc2nc(cs2)-c2ccc3c(c2)c(c(-c2cccnc2[C@H](C)OC)n3CC)CC(C)(C)COC(=O)[C@@H]2CCCN(N2)C1=O)C(C)C)C(C)C. The first kappa shape index (κ1) is 45.7. The number of hydrogen-bond acceptors (Lipinski definition) is 10. The van der Waals surface area contributed by atoms with E-state index in [1.54, 1.807) is 25.3 Å². The molecule has 1 saturated heterocycles. The van der Waals surface area contributed by atoms with Crippen molar-refractivity contribution >= 4 is 46.1 Å². The van der Waals surface area contributed by atoms with Gasteiger partial charge in [0, 0.05) is 85.3 Å². The summed E-state index contributed by atoms with van der Waals surface area (Å²) in [4.78, 5) is 69.4. The van der Waals surface area contributed by atoms with Gasteiger partial charge in [-0.3, -0.25) is 24.4 Å². The predicted molar refractivity (Wildman–Crippen MR) is 239 cm³/mol. The van der Waals surface area contributed by atoms with Gasteiger partial charge in [-0.25, -0.2) is 15.2 Å². The molecule has 14 nitrogen and oxygen atoms in total. The molecular weight excluding hydrogens is 793 g/mol. The molecular formula is C46H64N8O6S. The van der Waals surface area contributed by atoms with Crippen LogP contribution in [0.4, 0.5) is 4.79 Å². The van der Waals surface area contributed by atoms with Crippen molar-refractivity contribution < 1.29 is 28.7 Å². The topological polar surface area (TPSA) is 151 Å². The predicted octanol–water partition coefficient (Wildman–Crippen LogP) is 7.01. The number of fused-ring (bicyclic) bond motifs is 6. The Labute approximate surface area is 364 Å². The van der Waals surface area contributed by atoms with Crippen molar-refractivity contribution in [2.45, 2.75) is 125 Å². The smallest absolute Gasteiger partial charge is 0.324 e. The number of nitrogens with zero attached hydrogens (tertiary/aromatic N) is 6. The molecule has 3 aromatic heterocycles. The summed E-state index contributed by atoms with van der Waals surface area (Å²) in [6, 6.07) is 7.48. The molecule has 2 aliphatic rings. The molecule has 5 heterocycles. The lowest BCUT2D eigenvalue weighted by Gasteiger charge is -2.38. The summed E-state index contributed by atoms with van der Waals surface area (Å²) in [5, 5.41) is 8.18. The van der Waals surface area contributed by atoms with Gasteiger partial charge in [0.15, 0.2) is 0 Å². The minimum atomic E-state index is -1.04. The van der Waals surface area contributed by atoms with Crippen molar-refractivity contribution in [2.75, 3.05) is 33.9 Å². The summed E-state index contributed by atoms with van der Waals surface area (Å²) in [6.07, 6.45) is 3.30. The first-order chi connectivity index (χ1) is 29.0. The number of pyridine rings is 1. The number of likely N-dealkylation sites (N-methyl/N-ethyl adjacent to an activating group) is 1. The lowest BCUT2D eigenvalue weighted by atomic mass is 9.84. The molecule has 6 rings (SSSR count). The van der Waals surface area contributed by atoms with E-state index < -0.39 is 41.3 Å². The third kappa shape index (κ3) is 9.63. The molecule has 4 aromatic rings. The number of hydrazine groups is 1. The summed E-state index contributed by atoms with van der Waals surface area (Å²) in [5.74, 6) is -1.53. The molecule has 1 aromatic carbocycles. The van der Waals surface area contributed by atoms with E-state index in [9.17, 15) is 19.2 Å². The van der Waals surface area contributed by atoms with E-state index in [1.165, 1.54) is 21.2 Å². The summed E-state index contributed by atoms with van der Waals surface area (Å²) >= 11 is 1.43. The molecule has 4 atom stereocenters. The number of aromatic nitrogens is 3. The van der Waals surface area contributed by atoms with Crippen molar-refractivity contribution in [2.24, 2.45) is 11.3 Å². The molecule has 0 radical (unpaired) electrons. The number of esters is 1. The van der Waals surface area contributed by atoms with Crippen LogP contribution < -0.4 is 10.7 Å². The van der Waals surface area contributed by atoms with Gasteiger partial charge in [-0.05, 0) is 89.6 Å². The fourth-order valence-electron chi connectivity index (χ4n) is 8.79. The number of amides is 4. The summed E-state index contributed by atoms with van der Waals surface area (Å²) in [6.45, 7) is 19.6. The second kappa shape index (κ2) is 19.0. The lowest BCUT2D eigenvalue weighted by molar-refractivity contribution is -0.155. The highest BCUT2D eigenvalue weighted by atomic mass is 32.1. The largest absolute Gasteiger partial charge is 0.464 e. The van der Waals surface area contributed by atoms with Crippen molar-refractivity contribution in [3.63, 3.8) is 0 Å². The zero-order chi connectivity index (χ0) is 44.3. The fraction of sp³-hybridized carbons (Fsp3) is 0.565. The van der Waals surface area contributed by atoms with Crippen LogP contribution in [-0.2, 0) is 43.2 Å². The molecule has 0 saturated carbocycles. The molecule has 0 spiro atoms. The number of methoxy groups -OCH3 is 1. The zero-order valence-corrected chi connectivity index (χ0v) is 38.5. The van der Waals surface area contributed by atoms with Gasteiger partial charge in [-0.2, -0.15) is 0 Å². The van der Waals surface area contributed by atoms with E-state index in [0.717, 1.165) is 44.7 Å². The Bertz CT molecular complexity index is 2230. The van der Waals surface area contributed by atoms with Gasteiger partial charge >= 0.3 is 12.0 Å². The number of urea groups is 1. The molecule has 1 unspecified atom stereocenters. The molecule has 2 aliphatic heterocycles. The zero-order valence-electron chi connectivity index (χ0n) is 37.7. The Hall–Kier alpha value is -4.86. The van der Waals surface area contributed by atoms with E-state index in [-0.39, 0.29) is 37.1 Å². The molecule has 330 valence electrons. The normalized spacial score (nSPS) is 19.4. The molecule has 0 aliphatic carbocycles. The third-order valence-corrected chi connectivity index (χ3v) is 12.9. The van der Waals surface area contributed by atoms with Crippen LogP contribution in [0.5, 0.6) is 0 Å². The maximum Gasteiger partial charge on any atom is 0.324 e. The quantitative estimate of drug-likeness (QED) is 0.161. The number of thiazole rings is 1. The molecule has 15 heteroatoms. The van der Waals surface area contributed by atoms with Crippen LogP contribution in [-0.4, -0.2) is 111 Å². The lowest BCUT2D eigenvalue weighted by Crippen LogP contribution is -2.62. The molecule has 61 heavy (non-hydrogen) atoms. The first-order valence-corrected chi connectivity index (χ1v) is 22.5. The number of rotatable bonds is 10. The summed E-state index contributed by atoms with van der Waals surface area (Å²) in [5.41, 5.74) is 9.38. The Morgan fingerprint density at radius 3 is 2.56 bits per heavy atom. The maximum atomic E-state index is 14.5. The molecule has 2 N–H and O–H groups in total.